The van der Waals surface area contributed by atoms with Crippen LogP contribution >= 0.6 is 11.6 Å². The lowest BCUT2D eigenvalue weighted by atomic mass is 10.1. The first-order valence-corrected chi connectivity index (χ1v) is 13.3. The van der Waals surface area contributed by atoms with Crippen LogP contribution in [0.3, 0.4) is 0 Å². The van der Waals surface area contributed by atoms with E-state index in [0.717, 1.165) is 80.3 Å². The third-order valence-corrected chi connectivity index (χ3v) is 7.39. The van der Waals surface area contributed by atoms with Gasteiger partial charge in [-0.15, -0.1) is 4.98 Å². The molecule has 0 aliphatic carbocycles. The summed E-state index contributed by atoms with van der Waals surface area (Å²) < 4.78 is 14.2. The number of imidazole rings is 1. The average molecular weight is 530 g/mol. The molecule has 2 fully saturated rings. The van der Waals surface area contributed by atoms with Crippen molar-refractivity contribution in [1.29, 1.82) is 0 Å². The Bertz CT molecular complexity index is 1450. The number of aromatic nitrogens is 5. The molecule has 38 heavy (non-hydrogen) atoms. The van der Waals surface area contributed by atoms with Crippen LogP contribution in [0.2, 0.25) is 5.02 Å². The Hall–Kier alpha value is -3.58. The van der Waals surface area contributed by atoms with Gasteiger partial charge in [0.2, 0.25) is 5.88 Å². The summed E-state index contributed by atoms with van der Waals surface area (Å²) in [5.74, 6) is 2.70. The number of fused-ring (bicyclic) bond motifs is 1. The van der Waals surface area contributed by atoms with E-state index < -0.39 is 0 Å². The number of likely N-dealkylation sites (tertiary alicyclic amines) is 1. The fourth-order valence-electron chi connectivity index (χ4n) is 4.95. The Morgan fingerprint density at radius 3 is 2.63 bits per heavy atom. The number of hydrogen-bond acceptors (Lipinski definition) is 7. The zero-order chi connectivity index (χ0) is 25.9. The highest BCUT2D eigenvalue weighted by atomic mass is 35.5. The molecule has 4 aromatic rings. The first kappa shape index (κ1) is 24.7. The molecule has 0 saturated carbocycles. The Morgan fingerprint density at radius 2 is 1.89 bits per heavy atom. The summed E-state index contributed by atoms with van der Waals surface area (Å²) in [5.41, 5.74) is 2.88. The van der Waals surface area contributed by atoms with E-state index in [2.05, 4.69) is 29.3 Å². The summed E-state index contributed by atoms with van der Waals surface area (Å²) in [6.45, 7) is 11.4. The van der Waals surface area contributed by atoms with E-state index in [1.807, 2.05) is 30.3 Å². The second-order valence-electron chi connectivity index (χ2n) is 9.77. The normalized spacial score (nSPS) is 18.3. The van der Waals surface area contributed by atoms with Gasteiger partial charge in [-0.05, 0) is 43.0 Å². The molecule has 2 aliphatic rings. The van der Waals surface area contributed by atoms with E-state index in [-0.39, 0.29) is 12.2 Å². The smallest absolute Gasteiger partial charge is 0.271 e. The molecule has 1 aromatic carbocycles. The van der Waals surface area contributed by atoms with Crippen molar-refractivity contribution in [3.05, 3.63) is 82.4 Å². The molecular formula is C28H28ClN7O2. The number of hydrogen-bond donors (Lipinski definition) is 0. The molecule has 194 valence electrons. The number of piperidine rings is 1. The monoisotopic (exact) mass is 529 g/mol. The lowest BCUT2D eigenvalue weighted by Gasteiger charge is -2.32. The molecule has 1 atom stereocenters. The SMILES string of the molecule is [C-]#[N+]c1cc2nc(CN3CCC(Oc4ccnc(Cc5ccc(Cl)cc5)n4)CC3)n(C[C@@H]3CCO3)c2cn1. The minimum atomic E-state index is 0.108. The van der Waals surface area contributed by atoms with Crippen molar-refractivity contribution in [2.45, 2.75) is 51.0 Å². The summed E-state index contributed by atoms with van der Waals surface area (Å²) in [4.78, 5) is 24.1. The zero-order valence-corrected chi connectivity index (χ0v) is 21.7. The second-order valence-corrected chi connectivity index (χ2v) is 10.2. The van der Waals surface area contributed by atoms with E-state index in [1.165, 1.54) is 0 Å². The van der Waals surface area contributed by atoms with Crippen LogP contribution in [-0.2, 0) is 24.2 Å². The number of benzene rings is 1. The maximum atomic E-state index is 7.28. The minimum Gasteiger partial charge on any atom is -0.474 e. The van der Waals surface area contributed by atoms with E-state index in [1.54, 1.807) is 18.5 Å². The largest absolute Gasteiger partial charge is 0.474 e. The zero-order valence-electron chi connectivity index (χ0n) is 21.0. The Balaban J connectivity index is 1.08. The lowest BCUT2D eigenvalue weighted by Crippen LogP contribution is -2.39. The highest BCUT2D eigenvalue weighted by Crippen LogP contribution is 2.25. The van der Waals surface area contributed by atoms with Gasteiger partial charge < -0.3 is 18.9 Å². The van der Waals surface area contributed by atoms with Gasteiger partial charge in [-0.3, -0.25) is 4.90 Å². The van der Waals surface area contributed by atoms with Gasteiger partial charge in [0.05, 0.1) is 24.7 Å². The van der Waals surface area contributed by atoms with Crippen LogP contribution in [-0.4, -0.2) is 61.3 Å². The highest BCUT2D eigenvalue weighted by Gasteiger charge is 2.26. The third kappa shape index (κ3) is 5.63. The number of ether oxygens (including phenoxy) is 2. The van der Waals surface area contributed by atoms with E-state index in [9.17, 15) is 0 Å². The van der Waals surface area contributed by atoms with Gasteiger partial charge in [-0.25, -0.2) is 9.97 Å². The van der Waals surface area contributed by atoms with Gasteiger partial charge in [0.25, 0.3) is 5.82 Å². The second kappa shape index (κ2) is 11.0. The van der Waals surface area contributed by atoms with Gasteiger partial charge in [0.15, 0.2) is 0 Å². The van der Waals surface area contributed by atoms with Crippen LogP contribution in [0.15, 0.2) is 48.8 Å². The molecule has 6 rings (SSSR count). The van der Waals surface area contributed by atoms with Gasteiger partial charge in [0.1, 0.15) is 29.5 Å². The van der Waals surface area contributed by atoms with Crippen molar-refractivity contribution in [2.75, 3.05) is 19.7 Å². The predicted molar refractivity (Wildman–Crippen MR) is 143 cm³/mol. The van der Waals surface area contributed by atoms with Crippen molar-refractivity contribution in [3.8, 4) is 5.88 Å². The van der Waals surface area contributed by atoms with Gasteiger partial charge in [-0.2, -0.15) is 4.98 Å². The molecule has 2 aliphatic heterocycles. The number of halogens is 1. The molecule has 9 nitrogen and oxygen atoms in total. The summed E-state index contributed by atoms with van der Waals surface area (Å²) in [6, 6.07) is 11.3. The molecule has 3 aromatic heterocycles. The van der Waals surface area contributed by atoms with Crippen LogP contribution in [0.1, 0.15) is 36.5 Å². The van der Waals surface area contributed by atoms with E-state index in [4.69, 9.17) is 32.6 Å². The molecule has 0 spiro atoms. The standard InChI is InChI=1S/C28H28ClN7O2/c1-30-25-15-23-24(16-32-25)36(17-22-9-13-37-22)27(33-23)18-35-11-7-21(8-12-35)38-28-6-10-31-26(34-28)14-19-2-4-20(29)5-3-19/h2-6,10,15-16,21-22H,7-9,11-14,17-18H2/t22-/m0/s1. The number of pyridine rings is 1. The van der Waals surface area contributed by atoms with Crippen molar-refractivity contribution in [1.82, 2.24) is 29.4 Å². The minimum absolute atomic E-state index is 0.108. The third-order valence-electron chi connectivity index (χ3n) is 7.14. The Labute approximate surface area is 226 Å². The van der Waals surface area contributed by atoms with Crippen molar-refractivity contribution >= 4 is 28.5 Å². The maximum absolute atomic E-state index is 7.28. The van der Waals surface area contributed by atoms with Gasteiger partial charge >= 0.3 is 0 Å². The highest BCUT2D eigenvalue weighted by molar-refractivity contribution is 6.30. The fourth-order valence-corrected chi connectivity index (χ4v) is 5.08. The molecule has 0 unspecified atom stereocenters. The van der Waals surface area contributed by atoms with Crippen LogP contribution in [0.4, 0.5) is 5.82 Å². The van der Waals surface area contributed by atoms with Crippen molar-refractivity contribution < 1.29 is 9.47 Å². The van der Waals surface area contributed by atoms with Gasteiger partial charge in [-0.1, -0.05) is 30.3 Å². The van der Waals surface area contributed by atoms with Crippen molar-refractivity contribution in [3.63, 3.8) is 0 Å². The van der Waals surface area contributed by atoms with E-state index >= 15 is 0 Å². The van der Waals surface area contributed by atoms with Gasteiger partial charge in [0, 0.05) is 43.4 Å². The molecule has 10 heteroatoms. The van der Waals surface area contributed by atoms with Crippen LogP contribution in [0.5, 0.6) is 5.88 Å². The summed E-state index contributed by atoms with van der Waals surface area (Å²) >= 11 is 5.99. The summed E-state index contributed by atoms with van der Waals surface area (Å²) in [6.07, 6.45) is 7.35. The number of rotatable bonds is 8. The maximum Gasteiger partial charge on any atom is 0.271 e. The van der Waals surface area contributed by atoms with E-state index in [0.29, 0.717) is 23.1 Å². The topological polar surface area (TPSA) is 82.5 Å². The first-order chi connectivity index (χ1) is 18.6. The lowest BCUT2D eigenvalue weighted by molar-refractivity contribution is -0.0592. The molecule has 0 radical (unpaired) electrons. The predicted octanol–water partition coefficient (Wildman–Crippen LogP) is 4.85. The van der Waals surface area contributed by atoms with Crippen LogP contribution in [0.25, 0.3) is 15.9 Å². The summed E-state index contributed by atoms with van der Waals surface area (Å²) in [7, 11) is 0. The van der Waals surface area contributed by atoms with Crippen LogP contribution < -0.4 is 4.74 Å². The molecule has 0 amide bonds. The van der Waals surface area contributed by atoms with Crippen LogP contribution in [0, 0.1) is 6.57 Å². The molecular weight excluding hydrogens is 502 g/mol. The molecule has 0 bridgehead atoms. The number of nitrogens with zero attached hydrogens (tertiary/aromatic N) is 7. The summed E-state index contributed by atoms with van der Waals surface area (Å²) in [5, 5.41) is 0.717. The fraction of sp³-hybridized carbons (Fsp3) is 0.393. The Kier molecular flexibility index (Phi) is 7.18. The Morgan fingerprint density at radius 1 is 1.08 bits per heavy atom. The molecule has 2 saturated heterocycles. The molecule has 0 N–H and O–H groups in total. The average Bonchev–Trinajstić information content (AvgIpc) is 3.24. The van der Waals surface area contributed by atoms with Crippen molar-refractivity contribution in [2.24, 2.45) is 0 Å². The quantitative estimate of drug-likeness (QED) is 0.302. The first-order valence-electron chi connectivity index (χ1n) is 12.9. The molecule has 5 heterocycles.